The molecule has 0 aliphatic carbocycles. The maximum absolute atomic E-state index is 12.8. The lowest BCUT2D eigenvalue weighted by atomic mass is 9.82. The number of hydrogen-bond donors (Lipinski definition) is 0. The number of fused-ring (bicyclic) bond motifs is 1. The Kier molecular flexibility index (Phi) is 4.35. The van der Waals surface area contributed by atoms with E-state index in [0.29, 0.717) is 49.2 Å². The number of Topliss-reactive ketones (excluding diaryl/α,β-unsaturated/α-hetero) is 1. The van der Waals surface area contributed by atoms with E-state index in [2.05, 4.69) is 15.9 Å². The monoisotopic (exact) mass is 413 g/mol. The third kappa shape index (κ3) is 3.05. The van der Waals surface area contributed by atoms with Gasteiger partial charge in [-0.15, -0.1) is 0 Å². The molecule has 4 nitrogen and oxygen atoms in total. The molecule has 2 aliphatic heterocycles. The maximum Gasteiger partial charge on any atom is 0.255 e. The fourth-order valence-electron chi connectivity index (χ4n) is 3.81. The normalized spacial score (nSPS) is 18.4. The van der Waals surface area contributed by atoms with Crippen LogP contribution < -0.4 is 4.74 Å². The molecule has 1 spiro atoms. The molecule has 2 aliphatic rings. The lowest BCUT2D eigenvalue weighted by Gasteiger charge is -2.44. The van der Waals surface area contributed by atoms with Crippen molar-refractivity contribution in [2.24, 2.45) is 0 Å². The summed E-state index contributed by atoms with van der Waals surface area (Å²) in [4.78, 5) is 27.3. The molecule has 0 saturated carbocycles. The second-order valence-corrected chi connectivity index (χ2v) is 8.01. The zero-order valence-corrected chi connectivity index (χ0v) is 16.2. The van der Waals surface area contributed by atoms with Crippen LogP contribution in [0, 0.1) is 6.92 Å². The van der Waals surface area contributed by atoms with Crippen molar-refractivity contribution in [2.75, 3.05) is 13.1 Å². The van der Waals surface area contributed by atoms with Crippen molar-refractivity contribution in [1.82, 2.24) is 4.90 Å². The van der Waals surface area contributed by atoms with Gasteiger partial charge in [0.1, 0.15) is 11.4 Å². The van der Waals surface area contributed by atoms with Gasteiger partial charge < -0.3 is 9.64 Å². The first-order chi connectivity index (χ1) is 12.5. The number of carbonyl (C=O) groups excluding carboxylic acids is 2. The topological polar surface area (TPSA) is 46.6 Å². The first kappa shape index (κ1) is 17.3. The van der Waals surface area contributed by atoms with Crippen LogP contribution in [0.15, 0.2) is 46.9 Å². The SMILES string of the molecule is Cc1ccc2c(c1)C(=O)CC1(CCN(C(=O)c3ccccc3Br)CC1)O2. The molecule has 0 unspecified atom stereocenters. The Morgan fingerprint density at radius 1 is 1.15 bits per heavy atom. The van der Waals surface area contributed by atoms with E-state index >= 15 is 0 Å². The van der Waals surface area contributed by atoms with Crippen LogP contribution in [0.3, 0.4) is 0 Å². The summed E-state index contributed by atoms with van der Waals surface area (Å²) in [5.74, 6) is 0.837. The lowest BCUT2D eigenvalue weighted by Crippen LogP contribution is -2.52. The van der Waals surface area contributed by atoms with E-state index in [9.17, 15) is 9.59 Å². The predicted octanol–water partition coefficient (Wildman–Crippen LogP) is 4.40. The number of ether oxygens (including phenoxy) is 1. The van der Waals surface area contributed by atoms with E-state index < -0.39 is 5.60 Å². The molecular formula is C21H20BrNO3. The molecule has 26 heavy (non-hydrogen) atoms. The molecule has 2 heterocycles. The number of ketones is 1. The van der Waals surface area contributed by atoms with Gasteiger partial charge in [0.25, 0.3) is 5.91 Å². The van der Waals surface area contributed by atoms with Crippen LogP contribution in [0.4, 0.5) is 0 Å². The number of likely N-dealkylation sites (tertiary alicyclic amines) is 1. The lowest BCUT2D eigenvalue weighted by molar-refractivity contribution is -0.00574. The van der Waals surface area contributed by atoms with Gasteiger partial charge in [-0.05, 0) is 47.1 Å². The summed E-state index contributed by atoms with van der Waals surface area (Å²) in [6, 6.07) is 13.2. The second-order valence-electron chi connectivity index (χ2n) is 7.16. The molecule has 1 fully saturated rings. The number of piperidine rings is 1. The van der Waals surface area contributed by atoms with Gasteiger partial charge in [-0.25, -0.2) is 0 Å². The standard InChI is InChI=1S/C21H20BrNO3/c1-14-6-7-19-16(12-14)18(24)13-21(26-19)8-10-23(11-9-21)20(25)15-4-2-3-5-17(15)22/h2-7,12H,8-11,13H2,1H3. The molecule has 4 rings (SSSR count). The van der Waals surface area contributed by atoms with E-state index in [1.54, 1.807) is 0 Å². The molecule has 134 valence electrons. The largest absolute Gasteiger partial charge is 0.486 e. The Morgan fingerprint density at radius 2 is 1.88 bits per heavy atom. The number of hydrogen-bond acceptors (Lipinski definition) is 3. The van der Waals surface area contributed by atoms with Crippen molar-refractivity contribution < 1.29 is 14.3 Å². The maximum atomic E-state index is 12.8. The highest BCUT2D eigenvalue weighted by molar-refractivity contribution is 9.10. The molecule has 0 radical (unpaired) electrons. The molecule has 0 aromatic heterocycles. The highest BCUT2D eigenvalue weighted by atomic mass is 79.9. The summed E-state index contributed by atoms with van der Waals surface area (Å²) in [7, 11) is 0. The van der Waals surface area contributed by atoms with Crippen LogP contribution in [-0.4, -0.2) is 35.3 Å². The quantitative estimate of drug-likeness (QED) is 0.695. The molecule has 5 heteroatoms. The van der Waals surface area contributed by atoms with Crippen molar-refractivity contribution in [3.05, 3.63) is 63.6 Å². The molecule has 1 amide bonds. The summed E-state index contributed by atoms with van der Waals surface area (Å²) < 4.78 is 7.08. The molecule has 0 bridgehead atoms. The van der Waals surface area contributed by atoms with Crippen LogP contribution in [0.5, 0.6) is 5.75 Å². The molecular weight excluding hydrogens is 394 g/mol. The van der Waals surface area contributed by atoms with Gasteiger partial charge in [-0.3, -0.25) is 9.59 Å². The van der Waals surface area contributed by atoms with Crippen LogP contribution in [0.2, 0.25) is 0 Å². The smallest absolute Gasteiger partial charge is 0.255 e. The number of benzene rings is 2. The first-order valence-electron chi connectivity index (χ1n) is 8.84. The van der Waals surface area contributed by atoms with Crippen molar-refractivity contribution in [2.45, 2.75) is 31.8 Å². The van der Waals surface area contributed by atoms with E-state index in [0.717, 1.165) is 10.0 Å². The van der Waals surface area contributed by atoms with E-state index in [-0.39, 0.29) is 11.7 Å². The van der Waals surface area contributed by atoms with Crippen molar-refractivity contribution in [1.29, 1.82) is 0 Å². The average molecular weight is 414 g/mol. The van der Waals surface area contributed by atoms with Gasteiger partial charge in [0.05, 0.1) is 17.5 Å². The zero-order chi connectivity index (χ0) is 18.3. The Balaban J connectivity index is 1.50. The van der Waals surface area contributed by atoms with Crippen LogP contribution in [0.25, 0.3) is 0 Å². The number of rotatable bonds is 1. The average Bonchev–Trinajstić information content (AvgIpc) is 2.63. The van der Waals surface area contributed by atoms with Gasteiger partial charge >= 0.3 is 0 Å². The first-order valence-corrected chi connectivity index (χ1v) is 9.63. The Bertz CT molecular complexity index is 885. The van der Waals surface area contributed by atoms with E-state index in [4.69, 9.17) is 4.74 Å². The highest BCUT2D eigenvalue weighted by Gasteiger charge is 2.43. The van der Waals surface area contributed by atoms with Gasteiger partial charge in [0.2, 0.25) is 0 Å². The Labute approximate surface area is 161 Å². The fourth-order valence-corrected chi connectivity index (χ4v) is 4.26. The van der Waals surface area contributed by atoms with E-state index in [1.165, 1.54) is 0 Å². The van der Waals surface area contributed by atoms with Gasteiger partial charge in [-0.1, -0.05) is 23.8 Å². The predicted molar refractivity (Wildman–Crippen MR) is 103 cm³/mol. The number of amides is 1. The molecule has 0 N–H and O–H groups in total. The third-order valence-electron chi connectivity index (χ3n) is 5.31. The molecule has 2 aromatic carbocycles. The summed E-state index contributed by atoms with van der Waals surface area (Å²) in [5, 5.41) is 0. The fraction of sp³-hybridized carbons (Fsp3) is 0.333. The van der Waals surface area contributed by atoms with Crippen molar-refractivity contribution in [3.63, 3.8) is 0 Å². The number of nitrogens with zero attached hydrogens (tertiary/aromatic N) is 1. The summed E-state index contributed by atoms with van der Waals surface area (Å²) in [5.41, 5.74) is 1.93. The van der Waals surface area contributed by atoms with Gasteiger partial charge in [-0.2, -0.15) is 0 Å². The number of halogens is 1. The van der Waals surface area contributed by atoms with Crippen LogP contribution in [0.1, 0.15) is 45.5 Å². The minimum Gasteiger partial charge on any atom is -0.486 e. The van der Waals surface area contributed by atoms with Crippen molar-refractivity contribution in [3.8, 4) is 5.75 Å². The minimum absolute atomic E-state index is 0.0190. The van der Waals surface area contributed by atoms with Gasteiger partial charge in [0, 0.05) is 30.4 Å². The third-order valence-corrected chi connectivity index (χ3v) is 6.00. The van der Waals surface area contributed by atoms with E-state index in [1.807, 2.05) is 54.3 Å². The van der Waals surface area contributed by atoms with Crippen molar-refractivity contribution >= 4 is 27.6 Å². The molecule has 0 atom stereocenters. The summed E-state index contributed by atoms with van der Waals surface area (Å²) in [6.45, 7) is 3.16. The summed E-state index contributed by atoms with van der Waals surface area (Å²) >= 11 is 3.45. The molecule has 2 aromatic rings. The number of carbonyl (C=O) groups is 2. The Hall–Kier alpha value is -2.14. The molecule has 1 saturated heterocycles. The zero-order valence-electron chi connectivity index (χ0n) is 14.6. The Morgan fingerprint density at radius 3 is 2.62 bits per heavy atom. The van der Waals surface area contributed by atoms with Crippen LogP contribution >= 0.6 is 15.9 Å². The second kappa shape index (κ2) is 6.54. The minimum atomic E-state index is -0.482. The summed E-state index contributed by atoms with van der Waals surface area (Å²) in [6.07, 6.45) is 1.73. The van der Waals surface area contributed by atoms with Crippen LogP contribution in [-0.2, 0) is 0 Å². The highest BCUT2D eigenvalue weighted by Crippen LogP contribution is 2.40. The van der Waals surface area contributed by atoms with Gasteiger partial charge in [0.15, 0.2) is 5.78 Å². The number of aryl methyl sites for hydroxylation is 1.